The van der Waals surface area contributed by atoms with Crippen molar-refractivity contribution in [1.29, 1.82) is 5.26 Å². The van der Waals surface area contributed by atoms with Crippen molar-refractivity contribution in [1.82, 2.24) is 60.1 Å². The van der Waals surface area contributed by atoms with Gasteiger partial charge in [0.15, 0.2) is 0 Å². The molecule has 7 heterocycles. The Balaban J connectivity index is 0.000000182. The number of aryl methyl sites for hydroxylation is 3. The van der Waals surface area contributed by atoms with Crippen LogP contribution in [0.2, 0.25) is 0 Å². The van der Waals surface area contributed by atoms with Crippen molar-refractivity contribution >= 4 is 47.5 Å². The molecule has 0 unspecified atom stereocenters. The SMILES string of the molecule is CCc1cc(-c2ccc(F)c(C)c2C)nc(N)n1.CCc1cc(-c2ccc(OC)c(C)c2C)nc(N)n1.CCc1cc(-c2ccc(OCC3CCNCC3)c(COC)c2)nc(N)n1.CNc1cc(-c2ccc(OCC3CCN(C(=O)OC(C)(C)C)CC3)c(COC)c2)nc(N)n1.CNc1cc(-c2cccc(C#N)c2C)nc(N)n1. The number of amides is 1. The fourth-order valence-electron chi connectivity index (χ4n) is 12.8. The molecular weight excluding hydrogens is 1440 g/mol. The largest absolute Gasteiger partial charge is 0.496 e. The van der Waals surface area contributed by atoms with Crippen LogP contribution in [0.5, 0.6) is 17.2 Å². The summed E-state index contributed by atoms with van der Waals surface area (Å²) in [6.07, 6.45) is 6.30. The fourth-order valence-corrected chi connectivity index (χ4v) is 12.8. The highest BCUT2D eigenvalue weighted by molar-refractivity contribution is 5.72. The molecule has 10 aromatic rings. The summed E-state index contributed by atoms with van der Waals surface area (Å²) in [5, 5.41) is 18.3. The standard InChI is InChI=1S/C24H35N5O4.C20H28N4O2.C15H19N3O.C14H16FN3.C13H13N5/c1-24(2,3)33-23(30)29-10-8-16(9-11-29)14-32-20-7-6-17(12-18(20)15-31-5)19-13-21(26-4)28-22(25)27-19;1-3-17-11-18(24-20(21)23-17)15-4-5-19(16(10-15)13-25-2)26-12-14-6-8-22-9-7-14;1-5-11-8-13(18-15(16)17-11)12-6-7-14(19-4)10(3)9(12)2;1-4-10-7-13(18-14(16)17-10)11-5-6-12(15)9(3)8(11)2;1-8-9(7-14)4-3-5-10(8)11-6-12(16-2)18-13(15)17-11/h6-7,12-13,16H,8-11,14-15H2,1-5H3,(H3,25,26,27,28);4-5,10-11,14,22H,3,6-9,12-13H2,1-2H3,(H2,21,23,24);6-8H,5H2,1-4H3,(H2,16,17,18);5-7H,4H2,1-3H3,(H2,16,17,18);3-6H,1-2H3,(H3,15,16,17,18). The molecule has 28 heteroatoms. The van der Waals surface area contributed by atoms with Crippen LogP contribution in [0, 0.1) is 63.6 Å². The van der Waals surface area contributed by atoms with Crippen LogP contribution < -0.4 is 58.8 Å². The number of halogens is 1. The van der Waals surface area contributed by atoms with Crippen LogP contribution >= 0.6 is 0 Å². The predicted molar refractivity (Wildman–Crippen MR) is 450 cm³/mol. The quantitative estimate of drug-likeness (QED) is 0.0331. The molecule has 2 fully saturated rings. The van der Waals surface area contributed by atoms with Crippen LogP contribution in [-0.4, -0.2) is 141 Å². The van der Waals surface area contributed by atoms with Gasteiger partial charge in [-0.1, -0.05) is 32.9 Å². The summed E-state index contributed by atoms with van der Waals surface area (Å²) in [5.41, 5.74) is 47.1. The lowest BCUT2D eigenvalue weighted by Gasteiger charge is -2.33. The van der Waals surface area contributed by atoms with Crippen molar-refractivity contribution in [2.24, 2.45) is 11.8 Å². The lowest BCUT2D eigenvalue weighted by Crippen LogP contribution is -2.42. The van der Waals surface area contributed by atoms with Crippen molar-refractivity contribution in [3.63, 3.8) is 0 Å². The minimum Gasteiger partial charge on any atom is -0.496 e. The first kappa shape index (κ1) is 87.6. The van der Waals surface area contributed by atoms with E-state index in [4.69, 9.17) is 62.4 Å². The van der Waals surface area contributed by atoms with Crippen molar-refractivity contribution in [2.75, 3.05) is 114 Å². The van der Waals surface area contributed by atoms with E-state index in [0.29, 0.717) is 85.1 Å². The van der Waals surface area contributed by atoms with E-state index >= 15 is 0 Å². The van der Waals surface area contributed by atoms with E-state index in [-0.39, 0.29) is 29.8 Å². The van der Waals surface area contributed by atoms with E-state index in [1.165, 1.54) is 6.07 Å². The molecule has 13 N–H and O–H groups in total. The maximum absolute atomic E-state index is 13.4. The van der Waals surface area contributed by atoms with Crippen LogP contribution in [0.25, 0.3) is 56.3 Å². The molecule has 12 rings (SSSR count). The summed E-state index contributed by atoms with van der Waals surface area (Å²) in [4.78, 5) is 56.3. The molecule has 0 bridgehead atoms. The van der Waals surface area contributed by atoms with Crippen LogP contribution in [-0.2, 0) is 46.7 Å². The average molecular weight is 1560 g/mol. The first-order chi connectivity index (χ1) is 54.6. The molecule has 0 radical (unpaired) electrons. The second kappa shape index (κ2) is 42.1. The Bertz CT molecular complexity index is 4930. The topological polar surface area (TPSA) is 395 Å². The number of likely N-dealkylation sites (tertiary alicyclic amines) is 1. The van der Waals surface area contributed by atoms with E-state index in [2.05, 4.69) is 98.7 Å². The van der Waals surface area contributed by atoms with Gasteiger partial charge in [-0.3, -0.25) is 0 Å². The van der Waals surface area contributed by atoms with Crippen molar-refractivity contribution in [3.05, 3.63) is 177 Å². The fraction of sp³-hybridized carbons (Fsp3) is 0.395. The summed E-state index contributed by atoms with van der Waals surface area (Å²) in [5.74, 6) is 5.95. The first-order valence-electron chi connectivity index (χ1n) is 38.3. The Hall–Kier alpha value is -11.9. The number of carbonyl (C=O) groups is 1. The predicted octanol–water partition coefficient (Wildman–Crippen LogP) is 14.7. The second-order valence-corrected chi connectivity index (χ2v) is 28.6. The third kappa shape index (κ3) is 24.8. The van der Waals surface area contributed by atoms with Gasteiger partial charge in [0.25, 0.3) is 0 Å². The number of hydrogen-bond acceptors (Lipinski definition) is 26. The summed E-state index contributed by atoms with van der Waals surface area (Å²) in [7, 11) is 8.59. The van der Waals surface area contributed by atoms with Crippen molar-refractivity contribution in [3.8, 4) is 79.6 Å². The number of nitriles is 1. The zero-order chi connectivity index (χ0) is 82.8. The Morgan fingerprint density at radius 3 is 1.39 bits per heavy atom. The van der Waals surface area contributed by atoms with Gasteiger partial charge in [0.05, 0.1) is 73.6 Å². The molecule has 0 spiro atoms. The number of anilines is 7. The van der Waals surface area contributed by atoms with Gasteiger partial charge in [0.1, 0.15) is 40.3 Å². The first-order valence-corrected chi connectivity index (χ1v) is 38.3. The van der Waals surface area contributed by atoms with Gasteiger partial charge in [0, 0.05) is 110 Å². The van der Waals surface area contributed by atoms with Crippen molar-refractivity contribution in [2.45, 2.75) is 140 Å². The van der Waals surface area contributed by atoms with Gasteiger partial charge >= 0.3 is 6.09 Å². The van der Waals surface area contributed by atoms with E-state index < -0.39 is 5.60 Å². The summed E-state index contributed by atoms with van der Waals surface area (Å²) in [6.45, 7) is 27.2. The van der Waals surface area contributed by atoms with E-state index in [0.717, 1.165) is 183 Å². The summed E-state index contributed by atoms with van der Waals surface area (Å²) < 4.78 is 47.3. The minimum atomic E-state index is -0.479. The monoisotopic (exact) mass is 1550 g/mol. The van der Waals surface area contributed by atoms with Crippen LogP contribution in [0.4, 0.5) is 50.6 Å². The zero-order valence-corrected chi connectivity index (χ0v) is 68.6. The highest BCUT2D eigenvalue weighted by Gasteiger charge is 2.28. The number of aromatic nitrogens is 10. The number of piperidine rings is 2. The number of nitrogens with one attached hydrogen (secondary N) is 3. The number of nitrogen functional groups attached to an aromatic ring is 5. The summed E-state index contributed by atoms with van der Waals surface area (Å²) in [6, 6.07) is 36.4. The van der Waals surface area contributed by atoms with Gasteiger partial charge in [-0.25, -0.2) is 49.1 Å². The maximum Gasteiger partial charge on any atom is 0.410 e. The Morgan fingerprint density at radius 2 is 0.930 bits per heavy atom. The number of benzene rings is 5. The molecule has 114 heavy (non-hydrogen) atoms. The van der Waals surface area contributed by atoms with Crippen LogP contribution in [0.15, 0.2) is 109 Å². The smallest absolute Gasteiger partial charge is 0.410 e. The Kier molecular flexibility index (Phi) is 32.4. The van der Waals surface area contributed by atoms with Crippen molar-refractivity contribution < 1.29 is 37.6 Å². The number of rotatable bonds is 21. The highest BCUT2D eigenvalue weighted by atomic mass is 19.1. The molecule has 0 aliphatic carbocycles. The number of nitrogens with zero attached hydrogens (tertiary/aromatic N) is 12. The number of methoxy groups -OCH3 is 3. The molecule has 604 valence electrons. The van der Waals surface area contributed by atoms with Gasteiger partial charge in [0.2, 0.25) is 29.7 Å². The molecule has 27 nitrogen and oxygen atoms in total. The third-order valence-electron chi connectivity index (χ3n) is 19.4. The molecule has 5 aromatic carbocycles. The Morgan fingerprint density at radius 1 is 0.518 bits per heavy atom. The van der Waals surface area contributed by atoms with Gasteiger partial charge in [-0.2, -0.15) is 15.2 Å². The molecule has 2 aliphatic heterocycles. The zero-order valence-electron chi connectivity index (χ0n) is 68.6. The lowest BCUT2D eigenvalue weighted by atomic mass is 9.98. The Labute approximate surface area is 669 Å². The number of nitrogens with two attached hydrogens (primary N) is 5. The number of ether oxygens (including phenoxy) is 6. The van der Waals surface area contributed by atoms with E-state index in [1.54, 1.807) is 65.4 Å². The molecule has 5 aromatic heterocycles. The number of carbonyl (C=O) groups excluding carboxylic acids is 1. The van der Waals surface area contributed by atoms with Crippen LogP contribution in [0.1, 0.15) is 129 Å². The molecule has 0 atom stereocenters. The van der Waals surface area contributed by atoms with Gasteiger partial charge < -0.3 is 77.9 Å². The average Bonchev–Trinajstić information content (AvgIpc) is 0.817. The molecule has 2 aliphatic rings. The second-order valence-electron chi connectivity index (χ2n) is 28.6. The maximum atomic E-state index is 13.4. The van der Waals surface area contributed by atoms with Crippen LogP contribution in [0.3, 0.4) is 0 Å². The molecule has 0 saturated carbocycles. The summed E-state index contributed by atoms with van der Waals surface area (Å²) >= 11 is 0. The van der Waals surface area contributed by atoms with E-state index in [1.807, 2.05) is 127 Å². The third-order valence-corrected chi connectivity index (χ3v) is 19.4. The molecular formula is C86H111FN20O7. The van der Waals surface area contributed by atoms with Gasteiger partial charge in [-0.05, 0) is 238 Å². The molecule has 1 amide bonds. The number of hydrogen-bond donors (Lipinski definition) is 8. The normalized spacial score (nSPS) is 12.7. The minimum absolute atomic E-state index is 0.200. The molecule has 2 saturated heterocycles. The highest BCUT2D eigenvalue weighted by Crippen LogP contribution is 2.35. The van der Waals surface area contributed by atoms with E-state index in [9.17, 15) is 9.18 Å². The van der Waals surface area contributed by atoms with Gasteiger partial charge in [-0.15, -0.1) is 0 Å². The lowest BCUT2D eigenvalue weighted by molar-refractivity contribution is 0.0164.